The van der Waals surface area contributed by atoms with E-state index in [9.17, 15) is 14.7 Å². The van der Waals surface area contributed by atoms with Crippen LogP contribution in [0.4, 0.5) is 0 Å². The minimum Gasteiger partial charge on any atom is -0.508 e. The normalized spacial score (nSPS) is 16.5. The molecule has 6 heteroatoms. The van der Waals surface area contributed by atoms with Crippen LogP contribution in [0.1, 0.15) is 24.0 Å². The molecule has 2 aromatic rings. The Balaban J connectivity index is 1.58. The lowest BCUT2D eigenvalue weighted by Crippen LogP contribution is -2.46. The van der Waals surface area contributed by atoms with Gasteiger partial charge in [0, 0.05) is 18.1 Å². The molecule has 2 amide bonds. The van der Waals surface area contributed by atoms with E-state index < -0.39 is 6.04 Å². The summed E-state index contributed by atoms with van der Waals surface area (Å²) in [6.45, 7) is 0.984. The molecule has 2 N–H and O–H groups in total. The number of phenols is 1. The molecular weight excluding hydrogens is 352 g/mol. The average molecular weight is 373 g/mol. The molecule has 136 valence electrons. The van der Waals surface area contributed by atoms with Crippen LogP contribution in [-0.4, -0.2) is 34.4 Å². The summed E-state index contributed by atoms with van der Waals surface area (Å²) in [5.74, 6) is -0.101. The predicted octanol–water partition coefficient (Wildman–Crippen LogP) is 2.90. The van der Waals surface area contributed by atoms with Crippen molar-refractivity contribution in [3.8, 4) is 5.75 Å². The van der Waals surface area contributed by atoms with E-state index in [1.54, 1.807) is 41.3 Å². The number of amides is 2. The molecule has 26 heavy (non-hydrogen) atoms. The molecule has 1 atom stereocenters. The van der Waals surface area contributed by atoms with Crippen molar-refractivity contribution >= 4 is 23.4 Å². The Morgan fingerprint density at radius 3 is 2.65 bits per heavy atom. The predicted molar refractivity (Wildman–Crippen MR) is 99.8 cm³/mol. The van der Waals surface area contributed by atoms with E-state index in [-0.39, 0.29) is 24.0 Å². The third kappa shape index (κ3) is 4.55. The van der Waals surface area contributed by atoms with Crippen molar-refractivity contribution in [2.24, 2.45) is 0 Å². The molecule has 5 nitrogen and oxygen atoms in total. The molecule has 0 bridgehead atoms. The average Bonchev–Trinajstić information content (AvgIpc) is 3.11. The Hall–Kier alpha value is -2.53. The minimum absolute atomic E-state index is 0.0975. The molecule has 0 saturated carbocycles. The molecule has 1 heterocycles. The van der Waals surface area contributed by atoms with Gasteiger partial charge in [0.2, 0.25) is 11.8 Å². The van der Waals surface area contributed by atoms with Crippen LogP contribution in [0.25, 0.3) is 0 Å². The Bertz CT molecular complexity index is 792. The van der Waals surface area contributed by atoms with Crippen LogP contribution in [0.15, 0.2) is 48.5 Å². The third-order valence-corrected chi connectivity index (χ3v) is 4.77. The minimum atomic E-state index is -0.438. The Morgan fingerprint density at radius 1 is 1.15 bits per heavy atom. The maximum Gasteiger partial charge on any atom is 0.243 e. The maximum atomic E-state index is 12.6. The Morgan fingerprint density at radius 2 is 1.92 bits per heavy atom. The van der Waals surface area contributed by atoms with E-state index in [4.69, 9.17) is 11.6 Å². The Kier molecular flexibility index (Phi) is 5.78. The van der Waals surface area contributed by atoms with Crippen LogP contribution in [0.5, 0.6) is 5.75 Å². The number of aromatic hydroxyl groups is 1. The van der Waals surface area contributed by atoms with Gasteiger partial charge in [-0.1, -0.05) is 35.9 Å². The van der Waals surface area contributed by atoms with E-state index in [0.717, 1.165) is 17.5 Å². The van der Waals surface area contributed by atoms with Crippen LogP contribution in [-0.2, 0) is 22.6 Å². The molecule has 0 aromatic heterocycles. The van der Waals surface area contributed by atoms with Crippen LogP contribution in [0.3, 0.4) is 0 Å². The van der Waals surface area contributed by atoms with Gasteiger partial charge >= 0.3 is 0 Å². The van der Waals surface area contributed by atoms with Crippen LogP contribution in [0, 0.1) is 0 Å². The number of halogens is 1. The van der Waals surface area contributed by atoms with Gasteiger partial charge in [-0.2, -0.15) is 0 Å². The van der Waals surface area contributed by atoms with E-state index in [2.05, 4.69) is 5.32 Å². The number of phenolic OH excluding ortho intramolecular Hbond substituents is 1. The van der Waals surface area contributed by atoms with Crippen LogP contribution < -0.4 is 5.32 Å². The number of nitrogens with one attached hydrogen (secondary N) is 1. The maximum absolute atomic E-state index is 12.6. The second kappa shape index (κ2) is 8.23. The highest BCUT2D eigenvalue weighted by Crippen LogP contribution is 2.20. The van der Waals surface area contributed by atoms with Gasteiger partial charge in [-0.05, 0) is 48.2 Å². The molecule has 0 spiro atoms. The van der Waals surface area contributed by atoms with E-state index in [1.807, 2.05) is 12.1 Å². The molecule has 1 fully saturated rings. The standard InChI is InChI=1S/C20H21ClN2O3/c21-16-8-6-14(7-9-16)13-22-20(26)18-5-2-10-23(18)19(25)12-15-3-1-4-17(24)11-15/h1,3-4,6-9,11,18,24H,2,5,10,12-13H2,(H,22,26). The van der Waals surface area contributed by atoms with E-state index in [1.165, 1.54) is 0 Å². The summed E-state index contributed by atoms with van der Waals surface area (Å²) in [6.07, 6.45) is 1.65. The number of rotatable bonds is 5. The fourth-order valence-corrected chi connectivity index (χ4v) is 3.32. The van der Waals surface area contributed by atoms with E-state index >= 15 is 0 Å². The van der Waals surface area contributed by atoms with Crippen molar-refractivity contribution in [1.82, 2.24) is 10.2 Å². The third-order valence-electron chi connectivity index (χ3n) is 4.52. The summed E-state index contributed by atoms with van der Waals surface area (Å²) in [5.41, 5.74) is 1.70. The lowest BCUT2D eigenvalue weighted by atomic mass is 10.1. The summed E-state index contributed by atoms with van der Waals surface area (Å²) >= 11 is 5.86. The van der Waals surface area contributed by atoms with Gasteiger partial charge in [-0.25, -0.2) is 0 Å². The topological polar surface area (TPSA) is 69.6 Å². The smallest absolute Gasteiger partial charge is 0.243 e. The molecule has 1 saturated heterocycles. The SMILES string of the molecule is O=C(NCc1ccc(Cl)cc1)C1CCCN1C(=O)Cc1cccc(O)c1. The second-order valence-corrected chi connectivity index (χ2v) is 6.87. The van der Waals surface area contributed by atoms with Gasteiger partial charge in [0.15, 0.2) is 0 Å². The first-order valence-electron chi connectivity index (χ1n) is 8.62. The largest absolute Gasteiger partial charge is 0.508 e. The Labute approximate surface area is 157 Å². The highest BCUT2D eigenvalue weighted by Gasteiger charge is 2.33. The first kappa shape index (κ1) is 18.3. The van der Waals surface area contributed by atoms with Gasteiger partial charge in [-0.15, -0.1) is 0 Å². The van der Waals surface area contributed by atoms with Gasteiger partial charge in [0.25, 0.3) is 0 Å². The quantitative estimate of drug-likeness (QED) is 0.847. The van der Waals surface area contributed by atoms with Gasteiger partial charge in [0.1, 0.15) is 11.8 Å². The fourth-order valence-electron chi connectivity index (χ4n) is 3.19. The summed E-state index contributed by atoms with van der Waals surface area (Å²) in [6, 6.07) is 13.5. The van der Waals surface area contributed by atoms with Crippen molar-refractivity contribution in [3.63, 3.8) is 0 Å². The highest BCUT2D eigenvalue weighted by molar-refractivity contribution is 6.30. The number of carbonyl (C=O) groups excluding carboxylic acids is 2. The number of hydrogen-bond donors (Lipinski definition) is 2. The van der Waals surface area contributed by atoms with Crippen LogP contribution >= 0.6 is 11.6 Å². The number of nitrogens with zero attached hydrogens (tertiary/aromatic N) is 1. The highest BCUT2D eigenvalue weighted by atomic mass is 35.5. The summed E-state index contributed by atoms with van der Waals surface area (Å²) in [5, 5.41) is 13.1. The number of carbonyl (C=O) groups is 2. The first-order valence-corrected chi connectivity index (χ1v) is 9.00. The summed E-state index contributed by atoms with van der Waals surface area (Å²) < 4.78 is 0. The number of hydrogen-bond acceptors (Lipinski definition) is 3. The molecule has 1 aliphatic rings. The molecular formula is C20H21ClN2O3. The van der Waals surface area contributed by atoms with Crippen molar-refractivity contribution in [2.45, 2.75) is 31.8 Å². The van der Waals surface area contributed by atoms with Crippen molar-refractivity contribution < 1.29 is 14.7 Å². The number of likely N-dealkylation sites (tertiary alicyclic amines) is 1. The number of benzene rings is 2. The monoisotopic (exact) mass is 372 g/mol. The van der Waals surface area contributed by atoms with E-state index in [0.29, 0.717) is 24.5 Å². The summed E-state index contributed by atoms with van der Waals surface area (Å²) in [4.78, 5) is 26.8. The lowest BCUT2D eigenvalue weighted by molar-refractivity contribution is -0.138. The van der Waals surface area contributed by atoms with Crippen molar-refractivity contribution in [3.05, 3.63) is 64.7 Å². The summed E-state index contributed by atoms with van der Waals surface area (Å²) in [7, 11) is 0. The van der Waals surface area contributed by atoms with Gasteiger partial charge in [-0.3, -0.25) is 9.59 Å². The molecule has 0 aliphatic carbocycles. The zero-order valence-corrected chi connectivity index (χ0v) is 15.1. The zero-order valence-electron chi connectivity index (χ0n) is 14.3. The molecule has 1 aliphatic heterocycles. The second-order valence-electron chi connectivity index (χ2n) is 6.44. The van der Waals surface area contributed by atoms with Crippen molar-refractivity contribution in [1.29, 1.82) is 0 Å². The zero-order chi connectivity index (χ0) is 18.5. The molecule has 3 rings (SSSR count). The molecule has 1 unspecified atom stereocenters. The van der Waals surface area contributed by atoms with Crippen LogP contribution in [0.2, 0.25) is 5.02 Å². The van der Waals surface area contributed by atoms with Gasteiger partial charge in [0.05, 0.1) is 6.42 Å². The fraction of sp³-hybridized carbons (Fsp3) is 0.300. The first-order chi connectivity index (χ1) is 12.5. The van der Waals surface area contributed by atoms with Gasteiger partial charge < -0.3 is 15.3 Å². The lowest BCUT2D eigenvalue weighted by Gasteiger charge is -2.24. The molecule has 2 aromatic carbocycles. The molecule has 0 radical (unpaired) electrons. The van der Waals surface area contributed by atoms with Crippen molar-refractivity contribution in [2.75, 3.05) is 6.54 Å².